The Morgan fingerprint density at radius 3 is 2.65 bits per heavy atom. The van der Waals surface area contributed by atoms with Crippen molar-refractivity contribution in [2.24, 2.45) is 0 Å². The molecule has 0 saturated heterocycles. The van der Waals surface area contributed by atoms with E-state index in [0.29, 0.717) is 18.3 Å². The number of hydrogen-bond acceptors (Lipinski definition) is 4. The summed E-state index contributed by atoms with van der Waals surface area (Å²) < 4.78 is 7.29. The summed E-state index contributed by atoms with van der Waals surface area (Å²) in [7, 11) is 0. The molecule has 0 fully saturated rings. The first-order valence-corrected chi connectivity index (χ1v) is 6.79. The number of benzene rings is 1. The van der Waals surface area contributed by atoms with Gasteiger partial charge in [-0.1, -0.05) is 19.0 Å². The van der Waals surface area contributed by atoms with Crippen molar-refractivity contribution in [3.8, 4) is 0 Å². The average molecular weight is 270 g/mol. The van der Waals surface area contributed by atoms with Crippen molar-refractivity contribution in [2.75, 3.05) is 0 Å². The van der Waals surface area contributed by atoms with Gasteiger partial charge < -0.3 is 9.09 Å². The van der Waals surface area contributed by atoms with E-state index >= 15 is 0 Å². The Morgan fingerprint density at radius 2 is 1.95 bits per heavy atom. The molecule has 0 N–H and O–H groups in total. The first-order valence-electron chi connectivity index (χ1n) is 6.79. The molecule has 0 spiro atoms. The van der Waals surface area contributed by atoms with E-state index in [4.69, 9.17) is 4.52 Å². The van der Waals surface area contributed by atoms with Gasteiger partial charge in [0, 0.05) is 5.92 Å². The fraction of sp³-hybridized carbons (Fsp3) is 0.400. The number of nitrogens with zero attached hydrogens (tertiary/aromatic N) is 4. The maximum absolute atomic E-state index is 5.23. The summed E-state index contributed by atoms with van der Waals surface area (Å²) in [5, 5.41) is 4.02. The lowest BCUT2D eigenvalue weighted by Crippen LogP contribution is -2.00. The van der Waals surface area contributed by atoms with Gasteiger partial charge in [-0.05, 0) is 37.1 Å². The van der Waals surface area contributed by atoms with Crippen LogP contribution in [0.15, 0.2) is 23.0 Å². The van der Waals surface area contributed by atoms with Crippen molar-refractivity contribution in [3.05, 3.63) is 41.3 Å². The summed E-state index contributed by atoms with van der Waals surface area (Å²) in [5.41, 5.74) is 4.62. The Labute approximate surface area is 117 Å². The maximum atomic E-state index is 5.23. The topological polar surface area (TPSA) is 56.7 Å². The van der Waals surface area contributed by atoms with Crippen molar-refractivity contribution in [3.63, 3.8) is 0 Å². The molecule has 0 aliphatic carbocycles. The van der Waals surface area contributed by atoms with Crippen LogP contribution in [0.3, 0.4) is 0 Å². The van der Waals surface area contributed by atoms with Crippen LogP contribution >= 0.6 is 0 Å². The Hall–Kier alpha value is -2.17. The fourth-order valence-electron chi connectivity index (χ4n) is 2.16. The van der Waals surface area contributed by atoms with Crippen LogP contribution in [-0.4, -0.2) is 19.7 Å². The molecule has 5 heteroatoms. The smallest absolute Gasteiger partial charge is 0.229 e. The van der Waals surface area contributed by atoms with Gasteiger partial charge in [-0.3, -0.25) is 0 Å². The molecule has 0 saturated carbocycles. The zero-order valence-corrected chi connectivity index (χ0v) is 12.2. The Bertz CT molecular complexity index is 754. The van der Waals surface area contributed by atoms with Gasteiger partial charge in [0.1, 0.15) is 0 Å². The van der Waals surface area contributed by atoms with Gasteiger partial charge in [0.25, 0.3) is 0 Å². The molecular weight excluding hydrogens is 252 g/mol. The minimum Gasteiger partial charge on any atom is -0.339 e. The molecule has 2 aromatic heterocycles. The molecule has 20 heavy (non-hydrogen) atoms. The average Bonchev–Trinajstić information content (AvgIpc) is 3.00. The molecule has 0 unspecified atom stereocenters. The van der Waals surface area contributed by atoms with Crippen molar-refractivity contribution in [2.45, 2.75) is 40.2 Å². The van der Waals surface area contributed by atoms with E-state index in [1.54, 1.807) is 0 Å². The molecule has 5 nitrogen and oxygen atoms in total. The van der Waals surface area contributed by atoms with Crippen molar-refractivity contribution < 1.29 is 4.52 Å². The van der Waals surface area contributed by atoms with Gasteiger partial charge >= 0.3 is 0 Å². The highest BCUT2D eigenvalue weighted by Gasteiger charge is 2.12. The third kappa shape index (κ3) is 2.19. The number of hydrogen-bond donors (Lipinski definition) is 0. The van der Waals surface area contributed by atoms with Gasteiger partial charge in [0.05, 0.1) is 23.9 Å². The normalized spacial score (nSPS) is 11.7. The lowest BCUT2D eigenvalue weighted by molar-refractivity contribution is 0.360. The highest BCUT2D eigenvalue weighted by molar-refractivity contribution is 5.77. The van der Waals surface area contributed by atoms with Crippen LogP contribution in [0.4, 0.5) is 0 Å². The minimum atomic E-state index is 0.251. The summed E-state index contributed by atoms with van der Waals surface area (Å²) in [6.07, 6.45) is 1.83. The van der Waals surface area contributed by atoms with E-state index in [-0.39, 0.29) is 5.92 Å². The molecule has 3 aromatic rings. The quantitative estimate of drug-likeness (QED) is 0.733. The molecule has 0 bridgehead atoms. The van der Waals surface area contributed by atoms with E-state index in [1.165, 1.54) is 11.1 Å². The van der Waals surface area contributed by atoms with Gasteiger partial charge in [0.15, 0.2) is 5.82 Å². The monoisotopic (exact) mass is 270 g/mol. The summed E-state index contributed by atoms with van der Waals surface area (Å²) in [4.78, 5) is 8.84. The summed E-state index contributed by atoms with van der Waals surface area (Å²) in [5.74, 6) is 1.61. The third-order valence-electron chi connectivity index (χ3n) is 3.53. The standard InChI is InChI=1S/C15H18N4O/c1-9(2)15-17-14(18-20-15)7-19-8-16-12-5-10(3)11(4)6-13(12)19/h5-6,8-9H,7H2,1-4H3. The van der Waals surface area contributed by atoms with Gasteiger partial charge in [-0.2, -0.15) is 4.98 Å². The zero-order chi connectivity index (χ0) is 14.3. The Morgan fingerprint density at radius 1 is 1.20 bits per heavy atom. The predicted molar refractivity (Wildman–Crippen MR) is 76.7 cm³/mol. The van der Waals surface area contributed by atoms with Crippen molar-refractivity contribution in [1.82, 2.24) is 19.7 Å². The molecule has 1 aromatic carbocycles. The predicted octanol–water partition coefficient (Wildman–Crippen LogP) is 3.21. The maximum Gasteiger partial charge on any atom is 0.229 e. The minimum absolute atomic E-state index is 0.251. The van der Waals surface area contributed by atoms with E-state index in [9.17, 15) is 0 Å². The summed E-state index contributed by atoms with van der Waals surface area (Å²) >= 11 is 0. The lowest BCUT2D eigenvalue weighted by Gasteiger charge is -2.03. The number of imidazole rings is 1. The molecule has 0 radical (unpaired) electrons. The molecule has 0 aliphatic rings. The van der Waals surface area contributed by atoms with Gasteiger partial charge in [0.2, 0.25) is 5.89 Å². The number of aromatic nitrogens is 4. The van der Waals surface area contributed by atoms with E-state index in [1.807, 2.05) is 20.2 Å². The second kappa shape index (κ2) is 4.74. The second-order valence-electron chi connectivity index (χ2n) is 5.50. The molecular formula is C15H18N4O. The van der Waals surface area contributed by atoms with Crippen LogP contribution in [0.1, 0.15) is 42.6 Å². The highest BCUT2D eigenvalue weighted by Crippen LogP contribution is 2.19. The van der Waals surface area contributed by atoms with Crippen LogP contribution in [0.2, 0.25) is 0 Å². The van der Waals surface area contributed by atoms with Gasteiger partial charge in [-0.15, -0.1) is 0 Å². The Kier molecular flexibility index (Phi) is 3.04. The van der Waals surface area contributed by atoms with E-state index < -0.39 is 0 Å². The number of aryl methyl sites for hydroxylation is 2. The largest absolute Gasteiger partial charge is 0.339 e. The Balaban J connectivity index is 1.96. The molecule has 104 valence electrons. The summed E-state index contributed by atoms with van der Waals surface area (Å²) in [6.45, 7) is 8.86. The van der Waals surface area contributed by atoms with Crippen molar-refractivity contribution >= 4 is 11.0 Å². The molecule has 0 aliphatic heterocycles. The second-order valence-corrected chi connectivity index (χ2v) is 5.50. The fourth-order valence-corrected chi connectivity index (χ4v) is 2.16. The zero-order valence-electron chi connectivity index (χ0n) is 12.2. The van der Waals surface area contributed by atoms with Crippen LogP contribution in [0, 0.1) is 13.8 Å². The molecule has 0 amide bonds. The lowest BCUT2D eigenvalue weighted by atomic mass is 10.1. The van der Waals surface area contributed by atoms with E-state index in [0.717, 1.165) is 11.0 Å². The number of fused-ring (bicyclic) bond motifs is 1. The molecule has 0 atom stereocenters. The molecule has 2 heterocycles. The van der Waals surface area contributed by atoms with Crippen LogP contribution in [-0.2, 0) is 6.54 Å². The molecule has 3 rings (SSSR count). The van der Waals surface area contributed by atoms with Crippen LogP contribution < -0.4 is 0 Å². The summed E-state index contributed by atoms with van der Waals surface area (Å²) in [6, 6.07) is 4.26. The number of rotatable bonds is 3. The SMILES string of the molecule is Cc1cc2ncn(Cc3noc(C(C)C)n3)c2cc1C. The van der Waals surface area contributed by atoms with Crippen LogP contribution in [0.25, 0.3) is 11.0 Å². The van der Waals surface area contributed by atoms with E-state index in [2.05, 4.69) is 45.7 Å². The third-order valence-corrected chi connectivity index (χ3v) is 3.53. The first kappa shape index (κ1) is 12.8. The highest BCUT2D eigenvalue weighted by atomic mass is 16.5. The van der Waals surface area contributed by atoms with Gasteiger partial charge in [-0.25, -0.2) is 4.98 Å². The first-order chi connectivity index (χ1) is 9.54. The van der Waals surface area contributed by atoms with Crippen molar-refractivity contribution in [1.29, 1.82) is 0 Å². The van der Waals surface area contributed by atoms with Crippen LogP contribution in [0.5, 0.6) is 0 Å².